The Morgan fingerprint density at radius 1 is 0.546 bits per heavy atom. The molecule has 0 fully saturated rings. The number of nitrogens with zero attached hydrogens (tertiary/aromatic N) is 15. The summed E-state index contributed by atoms with van der Waals surface area (Å²) < 4.78 is 31.2. The number of azo groups is 2. The van der Waals surface area contributed by atoms with Crippen LogP contribution in [0.2, 0.25) is 0 Å². The average Bonchev–Trinajstić information content (AvgIpc) is 1.59. The molecular weight excluding hydrogens is 1460 g/mol. The fourth-order valence-corrected chi connectivity index (χ4v) is 11.6. The van der Waals surface area contributed by atoms with E-state index in [2.05, 4.69) is 149 Å². The molecule has 0 saturated carbocycles. The Morgan fingerprint density at radius 3 is 1.67 bits per heavy atom. The molecule has 0 spiro atoms. The van der Waals surface area contributed by atoms with Crippen LogP contribution >= 0.6 is 0 Å². The molecule has 3 aliphatic heterocycles. The number of anilines is 7. The minimum Gasteiger partial charge on any atom is -1.00 e. The summed E-state index contributed by atoms with van der Waals surface area (Å²) in [6.45, 7) is 4.05. The van der Waals surface area contributed by atoms with Crippen molar-refractivity contribution in [2.45, 2.75) is 13.8 Å². The van der Waals surface area contributed by atoms with Gasteiger partial charge in [0.1, 0.15) is 69.1 Å². The number of nitrogens with two attached hydrogens (primary N) is 3. The molecule has 0 saturated heterocycles. The molecule has 0 atom stereocenters. The average molecular weight is 1560 g/mol. The zero-order valence-corrected chi connectivity index (χ0v) is 67.0. The van der Waals surface area contributed by atoms with Gasteiger partial charge in [-0.15, -0.1) is 19.6 Å². The molecule has 22 nitrogen and oxygen atoms in total. The number of methoxy groups -OCH3 is 1. The van der Waals surface area contributed by atoms with Crippen LogP contribution in [0.1, 0.15) is 22.3 Å². The zero-order chi connectivity index (χ0) is 73.3. The number of benzene rings is 10. The highest BCUT2D eigenvalue weighted by molar-refractivity contribution is 6.22. The quantitative estimate of drug-likeness (QED) is 0.0544. The van der Waals surface area contributed by atoms with E-state index in [0.717, 1.165) is 102 Å². The van der Waals surface area contributed by atoms with Gasteiger partial charge in [0.2, 0.25) is 27.9 Å². The van der Waals surface area contributed by atoms with Gasteiger partial charge in [-0.25, -0.2) is 28.3 Å². The highest BCUT2D eigenvalue weighted by Crippen LogP contribution is 2.37. The van der Waals surface area contributed by atoms with E-state index in [4.69, 9.17) is 30.8 Å². The molecule has 5 heterocycles. The minimum atomic E-state index is 0. The van der Waals surface area contributed by atoms with Gasteiger partial charge in [-0.3, -0.25) is 0 Å². The Hall–Kier alpha value is -11.4. The van der Waals surface area contributed by atoms with Gasteiger partial charge in [0.25, 0.3) is 0 Å². The maximum atomic E-state index is 5.96. The molecule has 2 aromatic heterocycles. The standard InChI is InChI=1S/C20H19N2.C17H18N6.C16H17N3O.C15H15N3O2.C13H18N5.5ClH/c1-21(2)16-12-10-15(11-13-16)20-17-8-4-6-14-7-5-9-18(19(14)17)22(20)3;1-22-11-12-23(2)17(22)21-20-16-9-7-15(8-10-16)19-14-5-3-13(18)4-6-14;1-9-5-12-15(7-11(9)17)20-16-8-14(19(3)4)10(2)6-13(16)18-12;1-18(2)9-4-5-11-14(6-9)20-15-7-10(16)13(19-3)8-12(15)17-11;1-16(2)12-7-5-11(6-8-12)14-15-13-9-10-17(3)18(13)4;;;;;/h4-13H,1-3H3;3-12H,1-2H3,(H2,18,20);5-8,17H,1-4H3;4-8,16H,1-3H3;5-10H,1-4H3;5*1H/q+1;;;;+1;;;;;/p-2. The summed E-state index contributed by atoms with van der Waals surface area (Å²) in [6.07, 6.45) is 5.82. The summed E-state index contributed by atoms with van der Waals surface area (Å²) in [6, 6.07) is 64.5. The number of nitrogens with one attached hydrogen (secondary N) is 1. The number of halogens is 5. The van der Waals surface area contributed by atoms with Gasteiger partial charge in [-0.1, -0.05) is 29.4 Å². The number of fused-ring (bicyclic) bond motifs is 4. The summed E-state index contributed by atoms with van der Waals surface area (Å²) >= 11 is 0. The third-order valence-corrected chi connectivity index (χ3v) is 17.6. The van der Waals surface area contributed by atoms with Gasteiger partial charge in [0.15, 0.2) is 35.9 Å². The topological polar surface area (TPSA) is 234 Å². The Bertz CT molecular complexity index is 5560. The van der Waals surface area contributed by atoms with Gasteiger partial charge in [-0.2, -0.15) is 4.58 Å². The van der Waals surface area contributed by atoms with Crippen molar-refractivity contribution >= 4 is 107 Å². The van der Waals surface area contributed by atoms with E-state index in [-0.39, 0.29) is 62.0 Å². The van der Waals surface area contributed by atoms with Crippen molar-refractivity contribution in [3.8, 4) is 28.7 Å². The van der Waals surface area contributed by atoms with Crippen molar-refractivity contribution in [2.24, 2.45) is 48.6 Å². The molecule has 108 heavy (non-hydrogen) atoms. The third kappa shape index (κ3) is 20.0. The smallest absolute Gasteiger partial charge is 0.421 e. The van der Waals surface area contributed by atoms with Crippen LogP contribution < -0.4 is 128 Å². The van der Waals surface area contributed by atoms with E-state index in [1.54, 1.807) is 19.2 Å². The van der Waals surface area contributed by atoms with E-state index in [9.17, 15) is 0 Å². The second kappa shape index (κ2) is 37.7. The van der Waals surface area contributed by atoms with Gasteiger partial charge in [-0.05, 0) is 146 Å². The van der Waals surface area contributed by atoms with Crippen molar-refractivity contribution in [1.29, 1.82) is 0 Å². The van der Waals surface area contributed by atoms with Crippen LogP contribution in [-0.2, 0) is 28.2 Å². The van der Waals surface area contributed by atoms with Crippen LogP contribution in [0.3, 0.4) is 0 Å². The largest absolute Gasteiger partial charge is 1.00 e. The van der Waals surface area contributed by atoms with Crippen molar-refractivity contribution < 1.29 is 89.4 Å². The van der Waals surface area contributed by atoms with Crippen LogP contribution in [-0.4, -0.2) is 100 Å². The second-order valence-electron chi connectivity index (χ2n) is 25.9. The molecule has 5 aliphatic rings. The first kappa shape index (κ1) is 85.5. The van der Waals surface area contributed by atoms with E-state index in [0.29, 0.717) is 22.6 Å². The van der Waals surface area contributed by atoms with Crippen LogP contribution in [0.4, 0.5) is 68.6 Å². The molecule has 7 N–H and O–H groups in total. The number of hydrogen-bond donors (Lipinski definition) is 4. The molecule has 0 amide bonds. The van der Waals surface area contributed by atoms with Crippen LogP contribution in [0.25, 0.3) is 55.9 Å². The van der Waals surface area contributed by atoms with Gasteiger partial charge in [0.05, 0.1) is 81.2 Å². The first-order valence-corrected chi connectivity index (χ1v) is 33.5. The SMILES string of the molecule is CN(C)c1ccc(C2=[N+](C)c3cccc4cccc2c34)cc1.CN(C)c1ccc(N=Nc2cc[n+](C)n2C)cc1.COc1cc2nc3ccc(=[N+](C)C)cc-3oc2cc1N.Cc1cc2nc3cc(C)c(=[N+](C)C)cc-3oc2cc1N.Cn1cc[n+](C)c1N=Nc1ccc(Nc2ccc(N)cc2)cc1.[Cl-].[Cl-].[Cl-].[Cl-].[Cl-]. The number of hydrogen-bond acceptors (Lipinski definition) is 15. The normalized spacial score (nSPS) is 11.0. The molecule has 2 aliphatic carbocycles. The van der Waals surface area contributed by atoms with Gasteiger partial charge >= 0.3 is 5.95 Å². The summed E-state index contributed by atoms with van der Waals surface area (Å²) in [5.74, 6) is 3.72. The molecule has 0 radical (unpaired) electrons. The summed E-state index contributed by atoms with van der Waals surface area (Å²) in [5.41, 5.74) is 37.5. The van der Waals surface area contributed by atoms with E-state index >= 15 is 0 Å². The lowest BCUT2D eigenvalue weighted by Crippen LogP contribution is -3.00. The molecule has 10 aromatic rings. The summed E-state index contributed by atoms with van der Waals surface area (Å²) in [4.78, 5) is 13.4. The fraction of sp³-hybridized carbons (Fsp3) is 0.198. The van der Waals surface area contributed by atoms with Crippen molar-refractivity contribution in [3.05, 3.63) is 246 Å². The Labute approximate surface area is 660 Å². The van der Waals surface area contributed by atoms with E-state index in [1.807, 2.05) is 234 Å². The molecule has 0 bridgehead atoms. The predicted octanol–water partition coefficient (Wildman–Crippen LogP) is -1.31. The van der Waals surface area contributed by atoms with E-state index in [1.165, 1.54) is 44.5 Å². The number of aryl methyl sites for hydroxylation is 5. The van der Waals surface area contributed by atoms with Gasteiger partial charge in [0, 0.05) is 109 Å². The van der Waals surface area contributed by atoms with Crippen LogP contribution in [0.15, 0.2) is 242 Å². The second-order valence-corrected chi connectivity index (χ2v) is 25.9. The van der Waals surface area contributed by atoms with Gasteiger partial charge < -0.3 is 108 Å². The molecular formula is C81H90Cl5N19O3. The van der Waals surface area contributed by atoms with Crippen molar-refractivity contribution in [3.63, 3.8) is 0 Å². The number of rotatable bonds is 10. The molecule has 8 aromatic carbocycles. The Kier molecular flexibility index (Phi) is 29.9. The Balaban J connectivity index is 0.000000209. The summed E-state index contributed by atoms with van der Waals surface area (Å²) in [5, 5.41) is 25.2. The lowest BCUT2D eigenvalue weighted by atomic mass is 9.98. The number of imidazole rings is 1. The maximum absolute atomic E-state index is 5.96. The molecule has 0 unspecified atom stereocenters. The number of nitrogen functional groups attached to an aromatic ring is 3. The fourth-order valence-electron chi connectivity index (χ4n) is 11.6. The zero-order valence-electron chi connectivity index (χ0n) is 63.3. The van der Waals surface area contributed by atoms with Crippen LogP contribution in [0.5, 0.6) is 5.75 Å². The highest BCUT2D eigenvalue weighted by Gasteiger charge is 2.30. The monoisotopic (exact) mass is 1550 g/mol. The Morgan fingerprint density at radius 2 is 1.10 bits per heavy atom. The van der Waals surface area contributed by atoms with E-state index < -0.39 is 0 Å². The number of aromatic nitrogens is 6. The highest BCUT2D eigenvalue weighted by atomic mass is 35.5. The first-order valence-electron chi connectivity index (χ1n) is 33.5. The lowest BCUT2D eigenvalue weighted by Gasteiger charge is -2.12. The molecule has 562 valence electrons. The van der Waals surface area contributed by atoms with Crippen molar-refractivity contribution in [2.75, 3.05) is 103 Å². The summed E-state index contributed by atoms with van der Waals surface area (Å²) in [7, 11) is 27.7. The molecule has 15 rings (SSSR count). The number of ether oxygens (including phenoxy) is 1. The van der Waals surface area contributed by atoms with Crippen molar-refractivity contribution in [1.82, 2.24) is 28.4 Å². The minimum absolute atomic E-state index is 0. The maximum Gasteiger partial charge on any atom is 0.421 e. The first-order chi connectivity index (χ1) is 49.4. The predicted molar refractivity (Wildman–Crippen MR) is 417 cm³/mol. The third-order valence-electron chi connectivity index (χ3n) is 17.6. The van der Waals surface area contributed by atoms with Crippen LogP contribution in [0, 0.1) is 13.8 Å². The lowest BCUT2D eigenvalue weighted by molar-refractivity contribution is -0.750. The molecule has 27 heteroatoms.